The SMILES string of the molecule is N#C/C(=C(/O)CCCN1C(=O)c2ccccc2C1=O)c1nc2ccccc2[nH]1. The number of imide groups is 1. The Kier molecular flexibility index (Phi) is 4.38. The minimum atomic E-state index is -0.332. The summed E-state index contributed by atoms with van der Waals surface area (Å²) in [5.41, 5.74) is 2.31. The molecule has 0 radical (unpaired) electrons. The zero-order valence-corrected chi connectivity index (χ0v) is 14.8. The highest BCUT2D eigenvalue weighted by atomic mass is 16.3. The summed E-state index contributed by atoms with van der Waals surface area (Å²) in [6, 6.07) is 16.0. The van der Waals surface area contributed by atoms with Crippen molar-refractivity contribution >= 4 is 28.4 Å². The van der Waals surface area contributed by atoms with E-state index in [0.717, 1.165) is 5.52 Å². The van der Waals surface area contributed by atoms with E-state index in [-0.39, 0.29) is 36.1 Å². The van der Waals surface area contributed by atoms with Crippen molar-refractivity contribution in [2.75, 3.05) is 6.54 Å². The van der Waals surface area contributed by atoms with Crippen LogP contribution in [0, 0.1) is 11.3 Å². The molecule has 2 N–H and O–H groups in total. The normalized spacial score (nSPS) is 14.2. The van der Waals surface area contributed by atoms with E-state index in [1.807, 2.05) is 30.3 Å². The summed E-state index contributed by atoms with van der Waals surface area (Å²) in [6.45, 7) is 0.162. The van der Waals surface area contributed by atoms with Crippen molar-refractivity contribution < 1.29 is 14.7 Å². The molecule has 28 heavy (non-hydrogen) atoms. The molecule has 2 amide bonds. The first kappa shape index (κ1) is 17.5. The van der Waals surface area contributed by atoms with E-state index in [9.17, 15) is 20.0 Å². The number of para-hydroxylation sites is 2. The van der Waals surface area contributed by atoms with Gasteiger partial charge in [-0.05, 0) is 30.7 Å². The van der Waals surface area contributed by atoms with Crippen molar-refractivity contribution in [3.05, 3.63) is 71.2 Å². The van der Waals surface area contributed by atoms with Gasteiger partial charge in [0.15, 0.2) is 5.82 Å². The second-order valence-electron chi connectivity index (χ2n) is 6.45. The highest BCUT2D eigenvalue weighted by molar-refractivity contribution is 6.21. The number of nitrogens with zero attached hydrogens (tertiary/aromatic N) is 3. The van der Waals surface area contributed by atoms with Gasteiger partial charge < -0.3 is 10.1 Å². The smallest absolute Gasteiger partial charge is 0.261 e. The Bertz CT molecular complexity index is 1100. The van der Waals surface area contributed by atoms with E-state index in [0.29, 0.717) is 28.9 Å². The number of hydrogen-bond donors (Lipinski definition) is 2. The highest BCUT2D eigenvalue weighted by Gasteiger charge is 2.34. The second kappa shape index (κ2) is 7.00. The lowest BCUT2D eigenvalue weighted by Crippen LogP contribution is -2.30. The molecule has 1 aliphatic rings. The molecule has 7 heteroatoms. The second-order valence-corrected chi connectivity index (χ2v) is 6.45. The fraction of sp³-hybridized carbons (Fsp3) is 0.143. The van der Waals surface area contributed by atoms with Crippen LogP contribution in [0.15, 0.2) is 54.3 Å². The Morgan fingerprint density at radius 3 is 2.36 bits per heavy atom. The van der Waals surface area contributed by atoms with E-state index in [2.05, 4.69) is 9.97 Å². The molecule has 0 aliphatic carbocycles. The van der Waals surface area contributed by atoms with Crippen molar-refractivity contribution in [2.24, 2.45) is 0 Å². The number of hydrogen-bond acceptors (Lipinski definition) is 5. The lowest BCUT2D eigenvalue weighted by molar-refractivity contribution is 0.0651. The van der Waals surface area contributed by atoms with Gasteiger partial charge in [0.2, 0.25) is 0 Å². The van der Waals surface area contributed by atoms with Gasteiger partial charge in [0.25, 0.3) is 11.8 Å². The lowest BCUT2D eigenvalue weighted by atomic mass is 10.1. The molecule has 0 saturated heterocycles. The van der Waals surface area contributed by atoms with Crippen LogP contribution >= 0.6 is 0 Å². The van der Waals surface area contributed by atoms with E-state index in [4.69, 9.17) is 0 Å². The monoisotopic (exact) mass is 372 g/mol. The number of amides is 2. The maximum absolute atomic E-state index is 12.4. The molecule has 2 heterocycles. The summed E-state index contributed by atoms with van der Waals surface area (Å²) in [5.74, 6) is -0.496. The van der Waals surface area contributed by atoms with E-state index in [1.54, 1.807) is 24.3 Å². The first-order valence-corrected chi connectivity index (χ1v) is 8.82. The standard InChI is InChI=1S/C21H16N4O3/c22-12-15(19-23-16-8-3-4-9-17(16)24-19)18(26)10-5-11-25-20(27)13-6-1-2-7-14(13)21(25)28/h1-4,6-9,26H,5,10-11H2,(H,23,24)/b18-15-. The summed E-state index contributed by atoms with van der Waals surface area (Å²) in [6.07, 6.45) is 0.482. The third-order valence-electron chi connectivity index (χ3n) is 4.70. The molecule has 0 unspecified atom stereocenters. The summed E-state index contributed by atoms with van der Waals surface area (Å²) in [4.78, 5) is 33.2. The predicted molar refractivity (Wildman–Crippen MR) is 102 cm³/mol. The Morgan fingerprint density at radius 1 is 1.07 bits per heavy atom. The number of H-pyrrole nitrogens is 1. The van der Waals surface area contributed by atoms with Gasteiger partial charge in [-0.15, -0.1) is 0 Å². The quantitative estimate of drug-likeness (QED) is 0.405. The molecule has 0 bridgehead atoms. The third-order valence-corrected chi connectivity index (χ3v) is 4.70. The molecule has 2 aromatic carbocycles. The fourth-order valence-corrected chi connectivity index (χ4v) is 3.30. The maximum atomic E-state index is 12.4. The van der Waals surface area contributed by atoms with Crippen molar-refractivity contribution in [3.8, 4) is 6.07 Å². The Morgan fingerprint density at radius 2 is 1.71 bits per heavy atom. The number of imidazole rings is 1. The number of carbonyl (C=O) groups is 2. The minimum absolute atomic E-state index is 0.0542. The number of nitrogens with one attached hydrogen (secondary N) is 1. The predicted octanol–water partition coefficient (Wildman–Crippen LogP) is 3.43. The number of benzene rings is 2. The van der Waals surface area contributed by atoms with Gasteiger partial charge in [-0.1, -0.05) is 24.3 Å². The molecule has 1 aromatic heterocycles. The minimum Gasteiger partial charge on any atom is -0.511 e. The molecule has 1 aliphatic heterocycles. The summed E-state index contributed by atoms with van der Waals surface area (Å²) < 4.78 is 0. The molecule has 4 rings (SSSR count). The molecular formula is C21H16N4O3. The van der Waals surface area contributed by atoms with Crippen molar-refractivity contribution in [1.29, 1.82) is 5.26 Å². The number of fused-ring (bicyclic) bond motifs is 2. The maximum Gasteiger partial charge on any atom is 0.261 e. The van der Waals surface area contributed by atoms with Crippen LogP contribution in [0.2, 0.25) is 0 Å². The molecule has 0 saturated carbocycles. The lowest BCUT2D eigenvalue weighted by Gasteiger charge is -2.13. The number of carbonyl (C=O) groups excluding carboxylic acids is 2. The van der Waals surface area contributed by atoms with Crippen LogP contribution in [-0.4, -0.2) is 38.3 Å². The summed E-state index contributed by atoms with van der Waals surface area (Å²) >= 11 is 0. The third kappa shape index (κ3) is 2.91. The van der Waals surface area contributed by atoms with Gasteiger partial charge in [-0.25, -0.2) is 4.98 Å². The van der Waals surface area contributed by atoms with Crippen molar-refractivity contribution in [1.82, 2.24) is 14.9 Å². The average molecular weight is 372 g/mol. The van der Waals surface area contributed by atoms with Crippen LogP contribution in [0.4, 0.5) is 0 Å². The Balaban J connectivity index is 1.47. The van der Waals surface area contributed by atoms with Crippen LogP contribution in [0.5, 0.6) is 0 Å². The zero-order valence-electron chi connectivity index (χ0n) is 14.8. The van der Waals surface area contributed by atoms with Crippen molar-refractivity contribution in [3.63, 3.8) is 0 Å². The van der Waals surface area contributed by atoms with E-state index >= 15 is 0 Å². The fourth-order valence-electron chi connectivity index (χ4n) is 3.30. The van der Waals surface area contributed by atoms with Crippen LogP contribution < -0.4 is 0 Å². The van der Waals surface area contributed by atoms with Gasteiger partial charge in [-0.2, -0.15) is 5.26 Å². The zero-order chi connectivity index (χ0) is 19.7. The van der Waals surface area contributed by atoms with Gasteiger partial charge >= 0.3 is 0 Å². The number of allylic oxidation sites excluding steroid dienone is 2. The molecule has 3 aromatic rings. The van der Waals surface area contributed by atoms with Crippen molar-refractivity contribution in [2.45, 2.75) is 12.8 Å². The topological polar surface area (TPSA) is 110 Å². The Hall–Kier alpha value is -3.92. The average Bonchev–Trinajstić information content (AvgIpc) is 3.23. The van der Waals surface area contributed by atoms with Crippen LogP contribution in [0.25, 0.3) is 16.6 Å². The molecular weight excluding hydrogens is 356 g/mol. The molecule has 7 nitrogen and oxygen atoms in total. The molecule has 0 atom stereocenters. The number of aromatic nitrogens is 2. The largest absolute Gasteiger partial charge is 0.511 e. The van der Waals surface area contributed by atoms with E-state index < -0.39 is 0 Å². The van der Waals surface area contributed by atoms with Crippen LogP contribution in [0.1, 0.15) is 39.4 Å². The van der Waals surface area contributed by atoms with Gasteiger partial charge in [0.05, 0.1) is 22.2 Å². The molecule has 0 spiro atoms. The molecule has 0 fully saturated rings. The van der Waals surface area contributed by atoms with Gasteiger partial charge in [0.1, 0.15) is 17.4 Å². The number of nitriles is 1. The molecule has 138 valence electrons. The van der Waals surface area contributed by atoms with Crippen LogP contribution in [0.3, 0.4) is 0 Å². The highest BCUT2D eigenvalue weighted by Crippen LogP contribution is 2.24. The number of aromatic amines is 1. The number of rotatable bonds is 5. The van der Waals surface area contributed by atoms with Gasteiger partial charge in [0, 0.05) is 13.0 Å². The number of aliphatic hydroxyl groups is 1. The first-order chi connectivity index (χ1) is 13.6. The van der Waals surface area contributed by atoms with Gasteiger partial charge in [-0.3, -0.25) is 14.5 Å². The first-order valence-electron chi connectivity index (χ1n) is 8.82. The van der Waals surface area contributed by atoms with E-state index in [1.165, 1.54) is 4.90 Å². The summed E-state index contributed by atoms with van der Waals surface area (Å²) in [7, 11) is 0. The number of aliphatic hydroxyl groups excluding tert-OH is 1. The van der Waals surface area contributed by atoms with Crippen LogP contribution in [-0.2, 0) is 0 Å². The Labute approximate surface area is 160 Å². The summed E-state index contributed by atoms with van der Waals surface area (Å²) in [5, 5.41) is 19.8.